The highest BCUT2D eigenvalue weighted by atomic mass is 32.2. The first kappa shape index (κ1) is 18.5. The summed E-state index contributed by atoms with van der Waals surface area (Å²) in [7, 11) is 0. The Bertz CT molecular complexity index is 743. The molecule has 0 fully saturated rings. The average molecular weight is 357 g/mol. The molecule has 6 nitrogen and oxygen atoms in total. The Morgan fingerprint density at radius 3 is 2.36 bits per heavy atom. The lowest BCUT2D eigenvalue weighted by molar-refractivity contribution is -0.136. The van der Waals surface area contributed by atoms with Crippen LogP contribution in [0, 0.1) is 0 Å². The van der Waals surface area contributed by atoms with E-state index in [0.29, 0.717) is 18.0 Å². The average Bonchev–Trinajstić information content (AvgIpc) is 2.64. The van der Waals surface area contributed by atoms with E-state index in [1.165, 1.54) is 6.21 Å². The largest absolute Gasteiger partial charge is 0.494 e. The lowest BCUT2D eigenvalue weighted by atomic mass is 10.2. The van der Waals surface area contributed by atoms with Crippen LogP contribution in [0.4, 0.5) is 5.69 Å². The van der Waals surface area contributed by atoms with Gasteiger partial charge in [-0.05, 0) is 55.1 Å². The van der Waals surface area contributed by atoms with E-state index in [0.717, 1.165) is 10.5 Å². The van der Waals surface area contributed by atoms with Crippen molar-refractivity contribution in [1.82, 2.24) is 5.43 Å². The number of carbonyl (C=O) groups is 2. The van der Waals surface area contributed by atoms with Crippen LogP contribution in [0.1, 0.15) is 12.5 Å². The van der Waals surface area contributed by atoms with Gasteiger partial charge in [0.2, 0.25) is 0 Å². The highest BCUT2D eigenvalue weighted by Crippen LogP contribution is 2.15. The maximum absolute atomic E-state index is 11.8. The van der Waals surface area contributed by atoms with E-state index < -0.39 is 11.8 Å². The van der Waals surface area contributed by atoms with Crippen molar-refractivity contribution >= 4 is 35.5 Å². The molecule has 0 saturated heterocycles. The number of nitrogens with zero attached hydrogens (tertiary/aromatic N) is 1. The van der Waals surface area contributed by atoms with Crippen LogP contribution >= 0.6 is 11.8 Å². The van der Waals surface area contributed by atoms with Crippen LogP contribution in [0.5, 0.6) is 5.75 Å². The minimum absolute atomic E-state index is 0.500. The molecule has 0 heterocycles. The number of nitrogens with one attached hydrogen (secondary N) is 2. The quantitative estimate of drug-likeness (QED) is 0.361. The summed E-state index contributed by atoms with van der Waals surface area (Å²) < 4.78 is 5.31. The molecule has 7 heteroatoms. The normalized spacial score (nSPS) is 10.5. The van der Waals surface area contributed by atoms with Gasteiger partial charge in [0.05, 0.1) is 12.8 Å². The van der Waals surface area contributed by atoms with Crippen LogP contribution < -0.4 is 15.5 Å². The van der Waals surface area contributed by atoms with Crippen molar-refractivity contribution in [1.29, 1.82) is 0 Å². The van der Waals surface area contributed by atoms with Crippen molar-refractivity contribution < 1.29 is 14.3 Å². The number of hydrazone groups is 1. The molecule has 0 aliphatic rings. The summed E-state index contributed by atoms with van der Waals surface area (Å²) in [4.78, 5) is 24.7. The standard InChI is InChI=1S/C18H19N3O3S/c1-3-24-15-8-6-14(7-9-15)20-17(22)18(23)21-19-12-13-4-10-16(25-2)11-5-13/h4-12H,3H2,1-2H3,(H,20,22)(H,21,23)/b19-12-. The van der Waals surface area contributed by atoms with Gasteiger partial charge in [-0.15, -0.1) is 11.8 Å². The Morgan fingerprint density at radius 1 is 1.08 bits per heavy atom. The van der Waals surface area contributed by atoms with Gasteiger partial charge >= 0.3 is 11.8 Å². The third-order valence-corrected chi connectivity index (χ3v) is 3.87. The molecule has 2 amide bonds. The van der Waals surface area contributed by atoms with Crippen molar-refractivity contribution in [3.8, 4) is 5.75 Å². The fourth-order valence-corrected chi connectivity index (χ4v) is 2.30. The van der Waals surface area contributed by atoms with Gasteiger partial charge in [0.15, 0.2) is 0 Å². The summed E-state index contributed by atoms with van der Waals surface area (Å²) in [5.41, 5.74) is 3.52. The smallest absolute Gasteiger partial charge is 0.329 e. The number of carbonyl (C=O) groups excluding carboxylic acids is 2. The van der Waals surface area contributed by atoms with Gasteiger partial charge in [0.1, 0.15) is 5.75 Å². The van der Waals surface area contributed by atoms with E-state index in [9.17, 15) is 9.59 Å². The lowest BCUT2D eigenvalue weighted by Crippen LogP contribution is -2.32. The number of rotatable bonds is 6. The Kier molecular flexibility index (Phi) is 7.03. The van der Waals surface area contributed by atoms with E-state index in [1.54, 1.807) is 36.0 Å². The second-order valence-electron chi connectivity index (χ2n) is 4.88. The van der Waals surface area contributed by atoms with Gasteiger partial charge in [-0.2, -0.15) is 5.10 Å². The fourth-order valence-electron chi connectivity index (χ4n) is 1.90. The van der Waals surface area contributed by atoms with Crippen LogP contribution in [0.3, 0.4) is 0 Å². The van der Waals surface area contributed by atoms with E-state index in [1.807, 2.05) is 37.4 Å². The van der Waals surface area contributed by atoms with Crippen LogP contribution in [-0.4, -0.2) is 30.9 Å². The second kappa shape index (κ2) is 9.48. The Hall–Kier alpha value is -2.80. The molecule has 2 rings (SSSR count). The molecule has 2 aromatic carbocycles. The number of thioether (sulfide) groups is 1. The van der Waals surface area contributed by atoms with E-state index in [4.69, 9.17) is 4.74 Å². The molecule has 2 aromatic rings. The molecule has 0 atom stereocenters. The third kappa shape index (κ3) is 5.96. The Labute approximate surface area is 150 Å². The van der Waals surface area contributed by atoms with E-state index in [-0.39, 0.29) is 0 Å². The molecule has 2 N–H and O–H groups in total. The molecule has 0 aliphatic heterocycles. The zero-order chi connectivity index (χ0) is 18.1. The molecule has 0 saturated carbocycles. The lowest BCUT2D eigenvalue weighted by Gasteiger charge is -2.06. The highest BCUT2D eigenvalue weighted by Gasteiger charge is 2.12. The summed E-state index contributed by atoms with van der Waals surface area (Å²) in [6, 6.07) is 14.4. The van der Waals surface area contributed by atoms with Crippen molar-refractivity contribution in [3.63, 3.8) is 0 Å². The molecule has 0 unspecified atom stereocenters. The molecular formula is C18H19N3O3S. The summed E-state index contributed by atoms with van der Waals surface area (Å²) >= 11 is 1.64. The summed E-state index contributed by atoms with van der Waals surface area (Å²) in [5, 5.41) is 6.28. The van der Waals surface area contributed by atoms with Crippen LogP contribution in [0.15, 0.2) is 58.5 Å². The van der Waals surface area contributed by atoms with Crippen molar-refractivity contribution in [3.05, 3.63) is 54.1 Å². The second-order valence-corrected chi connectivity index (χ2v) is 5.76. The van der Waals surface area contributed by atoms with Crippen molar-refractivity contribution in [2.45, 2.75) is 11.8 Å². The molecule has 0 spiro atoms. The van der Waals surface area contributed by atoms with Gasteiger partial charge < -0.3 is 10.1 Å². The molecule has 0 aromatic heterocycles. The highest BCUT2D eigenvalue weighted by molar-refractivity contribution is 7.98. The first-order valence-electron chi connectivity index (χ1n) is 7.63. The predicted octanol–water partition coefficient (Wildman–Crippen LogP) is 2.90. The number of amides is 2. The number of hydrogen-bond acceptors (Lipinski definition) is 5. The predicted molar refractivity (Wildman–Crippen MR) is 100 cm³/mol. The van der Waals surface area contributed by atoms with Crippen LogP contribution in [-0.2, 0) is 9.59 Å². The molecular weight excluding hydrogens is 338 g/mol. The van der Waals surface area contributed by atoms with E-state index >= 15 is 0 Å². The monoisotopic (exact) mass is 357 g/mol. The number of anilines is 1. The van der Waals surface area contributed by atoms with E-state index in [2.05, 4.69) is 15.8 Å². The fraction of sp³-hybridized carbons (Fsp3) is 0.167. The van der Waals surface area contributed by atoms with Gasteiger partial charge in [-0.3, -0.25) is 9.59 Å². The van der Waals surface area contributed by atoms with Crippen LogP contribution in [0.2, 0.25) is 0 Å². The molecule has 130 valence electrons. The Balaban J connectivity index is 1.84. The third-order valence-electron chi connectivity index (χ3n) is 3.12. The molecule has 25 heavy (non-hydrogen) atoms. The SMILES string of the molecule is CCOc1ccc(NC(=O)C(=O)N/N=C\c2ccc(SC)cc2)cc1. The number of benzene rings is 2. The topological polar surface area (TPSA) is 79.8 Å². The first-order chi connectivity index (χ1) is 12.1. The van der Waals surface area contributed by atoms with Crippen molar-refractivity contribution in [2.75, 3.05) is 18.2 Å². The summed E-state index contributed by atoms with van der Waals surface area (Å²) in [6.45, 7) is 2.45. The zero-order valence-corrected chi connectivity index (χ0v) is 14.8. The van der Waals surface area contributed by atoms with Gasteiger partial charge in [0, 0.05) is 10.6 Å². The molecule has 0 aliphatic carbocycles. The molecule has 0 bridgehead atoms. The number of ether oxygens (including phenoxy) is 1. The summed E-state index contributed by atoms with van der Waals surface area (Å²) in [6.07, 6.45) is 3.47. The Morgan fingerprint density at radius 2 is 1.76 bits per heavy atom. The van der Waals surface area contributed by atoms with Gasteiger partial charge in [-0.25, -0.2) is 5.43 Å². The van der Waals surface area contributed by atoms with Gasteiger partial charge in [-0.1, -0.05) is 12.1 Å². The number of hydrogen-bond donors (Lipinski definition) is 2. The zero-order valence-electron chi connectivity index (χ0n) is 14.0. The summed E-state index contributed by atoms with van der Waals surface area (Å²) in [5.74, 6) is -0.938. The first-order valence-corrected chi connectivity index (χ1v) is 8.86. The maximum Gasteiger partial charge on any atom is 0.329 e. The van der Waals surface area contributed by atoms with Crippen LogP contribution in [0.25, 0.3) is 0 Å². The minimum atomic E-state index is -0.842. The minimum Gasteiger partial charge on any atom is -0.494 e. The maximum atomic E-state index is 11.8. The van der Waals surface area contributed by atoms with Crippen molar-refractivity contribution in [2.24, 2.45) is 5.10 Å². The molecule has 0 radical (unpaired) electrons. The van der Waals surface area contributed by atoms with Gasteiger partial charge in [0.25, 0.3) is 0 Å².